The molecule has 0 aliphatic heterocycles. The predicted molar refractivity (Wildman–Crippen MR) is 79.3 cm³/mol. The van der Waals surface area contributed by atoms with Crippen molar-refractivity contribution in [3.63, 3.8) is 0 Å². The summed E-state index contributed by atoms with van der Waals surface area (Å²) >= 11 is 5.74. The van der Waals surface area contributed by atoms with E-state index in [1.807, 2.05) is 0 Å². The highest BCUT2D eigenvalue weighted by Crippen LogP contribution is 2.29. The second kappa shape index (κ2) is 6.39. The van der Waals surface area contributed by atoms with Gasteiger partial charge in [-0.1, -0.05) is 25.4 Å². The van der Waals surface area contributed by atoms with Gasteiger partial charge in [-0.05, 0) is 37.2 Å². The van der Waals surface area contributed by atoms with E-state index in [1.165, 1.54) is 6.07 Å². The summed E-state index contributed by atoms with van der Waals surface area (Å²) in [5, 5.41) is 13.9. The topological polar surface area (TPSA) is 85.1 Å². The van der Waals surface area contributed by atoms with Crippen LogP contribution in [0.5, 0.6) is 0 Å². The van der Waals surface area contributed by atoms with Crippen molar-refractivity contribution in [2.75, 3.05) is 0 Å². The Morgan fingerprint density at radius 3 is 2.81 bits per heavy atom. The fraction of sp³-hybridized carbons (Fsp3) is 0.571. The molecule has 1 fully saturated rings. The molecule has 1 amide bonds. The van der Waals surface area contributed by atoms with Crippen LogP contribution >= 0.6 is 11.6 Å². The van der Waals surface area contributed by atoms with Gasteiger partial charge in [0.25, 0.3) is 11.6 Å². The first-order valence-electron chi connectivity index (χ1n) is 6.99. The third kappa shape index (κ3) is 3.69. The van der Waals surface area contributed by atoms with Gasteiger partial charge in [0.1, 0.15) is 16.9 Å². The molecule has 3 unspecified atom stereocenters. The molecule has 1 aromatic rings. The summed E-state index contributed by atoms with van der Waals surface area (Å²) < 4.78 is 0. The normalized spacial score (nSPS) is 25.4. The standard InChI is InChI=1S/C14H18ClN3O3/c1-8-3-4-11(9(2)5-8)17-14(19)10-6-13(15)16-7-12(10)18(20)21/h6-9,11H,3-5H2,1-2H3,(H,17,19). The number of carbonyl (C=O) groups excluding carboxylic acids is 1. The Labute approximate surface area is 128 Å². The minimum Gasteiger partial charge on any atom is -0.349 e. The lowest BCUT2D eigenvalue weighted by Crippen LogP contribution is -2.42. The van der Waals surface area contributed by atoms with Gasteiger partial charge in [-0.3, -0.25) is 14.9 Å². The minimum atomic E-state index is -0.620. The number of nitro groups is 1. The van der Waals surface area contributed by atoms with Crippen LogP contribution in [-0.2, 0) is 0 Å². The fourth-order valence-electron chi connectivity index (χ4n) is 2.88. The molecule has 0 aromatic carbocycles. The lowest BCUT2D eigenvalue weighted by atomic mass is 9.80. The lowest BCUT2D eigenvalue weighted by Gasteiger charge is -2.33. The van der Waals surface area contributed by atoms with Crippen LogP contribution in [0, 0.1) is 22.0 Å². The molecule has 21 heavy (non-hydrogen) atoms. The average Bonchev–Trinajstić information content (AvgIpc) is 2.41. The zero-order valence-corrected chi connectivity index (χ0v) is 12.8. The molecule has 1 saturated carbocycles. The third-order valence-corrected chi connectivity index (χ3v) is 4.25. The van der Waals surface area contributed by atoms with E-state index in [0.717, 1.165) is 25.5 Å². The second-order valence-electron chi connectivity index (χ2n) is 5.76. The third-order valence-electron chi connectivity index (χ3n) is 4.04. The van der Waals surface area contributed by atoms with Gasteiger partial charge in [-0.2, -0.15) is 0 Å². The molecule has 1 aliphatic rings. The molecule has 114 valence electrons. The van der Waals surface area contributed by atoms with E-state index >= 15 is 0 Å². The fourth-order valence-corrected chi connectivity index (χ4v) is 3.03. The number of hydrogen-bond donors (Lipinski definition) is 1. The van der Waals surface area contributed by atoms with Crippen molar-refractivity contribution in [1.29, 1.82) is 0 Å². The Hall–Kier alpha value is -1.69. The van der Waals surface area contributed by atoms with Gasteiger partial charge in [-0.25, -0.2) is 4.98 Å². The summed E-state index contributed by atoms with van der Waals surface area (Å²) in [6, 6.07) is 1.28. The van der Waals surface area contributed by atoms with Gasteiger partial charge in [0.2, 0.25) is 0 Å². The maximum atomic E-state index is 12.3. The Balaban J connectivity index is 2.17. The highest BCUT2D eigenvalue weighted by molar-refractivity contribution is 6.29. The average molecular weight is 312 g/mol. The highest BCUT2D eigenvalue weighted by atomic mass is 35.5. The molecule has 1 aromatic heterocycles. The number of carbonyl (C=O) groups is 1. The van der Waals surface area contributed by atoms with Crippen molar-refractivity contribution in [1.82, 2.24) is 10.3 Å². The van der Waals surface area contributed by atoms with Crippen LogP contribution in [0.25, 0.3) is 0 Å². The van der Waals surface area contributed by atoms with Crippen LogP contribution < -0.4 is 5.32 Å². The number of amides is 1. The van der Waals surface area contributed by atoms with E-state index in [2.05, 4.69) is 24.1 Å². The maximum Gasteiger partial charge on any atom is 0.300 e. The SMILES string of the molecule is CC1CCC(NC(=O)c2cc(Cl)ncc2[N+](=O)[O-])C(C)C1. The molecule has 3 atom stereocenters. The number of aromatic nitrogens is 1. The first-order valence-corrected chi connectivity index (χ1v) is 7.37. The Kier molecular flexibility index (Phi) is 4.77. The van der Waals surface area contributed by atoms with Crippen molar-refractivity contribution < 1.29 is 9.72 Å². The molecular weight excluding hydrogens is 294 g/mol. The van der Waals surface area contributed by atoms with Crippen molar-refractivity contribution >= 4 is 23.2 Å². The van der Waals surface area contributed by atoms with Gasteiger partial charge >= 0.3 is 0 Å². The quantitative estimate of drug-likeness (QED) is 0.527. The van der Waals surface area contributed by atoms with E-state index in [1.54, 1.807) is 0 Å². The number of rotatable bonds is 3. The minimum absolute atomic E-state index is 0.0363. The number of nitrogens with zero attached hydrogens (tertiary/aromatic N) is 2. The van der Waals surface area contributed by atoms with Crippen molar-refractivity contribution in [2.24, 2.45) is 11.8 Å². The second-order valence-corrected chi connectivity index (χ2v) is 6.14. The molecule has 1 N–H and O–H groups in total. The summed E-state index contributed by atoms with van der Waals surface area (Å²) in [7, 11) is 0. The molecule has 0 radical (unpaired) electrons. The number of pyridine rings is 1. The van der Waals surface area contributed by atoms with E-state index in [0.29, 0.717) is 11.8 Å². The Morgan fingerprint density at radius 1 is 1.48 bits per heavy atom. The molecule has 0 saturated heterocycles. The predicted octanol–water partition coefficient (Wildman–Crippen LogP) is 3.20. The molecule has 0 spiro atoms. The van der Waals surface area contributed by atoms with Gasteiger partial charge < -0.3 is 5.32 Å². The van der Waals surface area contributed by atoms with Gasteiger partial charge in [0.15, 0.2) is 0 Å². The highest BCUT2D eigenvalue weighted by Gasteiger charge is 2.29. The zero-order valence-electron chi connectivity index (χ0n) is 12.0. The van der Waals surface area contributed by atoms with Gasteiger partial charge in [0.05, 0.1) is 4.92 Å². The monoisotopic (exact) mass is 311 g/mol. The van der Waals surface area contributed by atoms with Crippen molar-refractivity contribution in [3.05, 3.63) is 33.1 Å². The molecule has 1 heterocycles. The summed E-state index contributed by atoms with van der Waals surface area (Å²) in [4.78, 5) is 26.3. The largest absolute Gasteiger partial charge is 0.349 e. The van der Waals surface area contributed by atoms with Crippen molar-refractivity contribution in [3.8, 4) is 0 Å². The van der Waals surface area contributed by atoms with Gasteiger partial charge in [-0.15, -0.1) is 0 Å². The summed E-state index contributed by atoms with van der Waals surface area (Å²) in [5.74, 6) is 0.546. The smallest absolute Gasteiger partial charge is 0.300 e. The number of hydrogen-bond acceptors (Lipinski definition) is 4. The molecule has 7 heteroatoms. The molecule has 2 rings (SSSR count). The molecule has 1 aliphatic carbocycles. The van der Waals surface area contributed by atoms with E-state index in [4.69, 9.17) is 11.6 Å². The van der Waals surface area contributed by atoms with Crippen LogP contribution in [0.3, 0.4) is 0 Å². The molecule has 6 nitrogen and oxygen atoms in total. The number of nitrogens with one attached hydrogen (secondary N) is 1. The van der Waals surface area contributed by atoms with Crippen LogP contribution in [0.4, 0.5) is 5.69 Å². The first-order chi connectivity index (χ1) is 9.88. The van der Waals surface area contributed by atoms with Crippen LogP contribution in [-0.4, -0.2) is 21.9 Å². The van der Waals surface area contributed by atoms with Crippen LogP contribution in [0.15, 0.2) is 12.3 Å². The Morgan fingerprint density at radius 2 is 2.19 bits per heavy atom. The summed E-state index contributed by atoms with van der Waals surface area (Å²) in [6.07, 6.45) is 4.00. The van der Waals surface area contributed by atoms with E-state index < -0.39 is 10.8 Å². The number of halogens is 1. The van der Waals surface area contributed by atoms with E-state index in [9.17, 15) is 14.9 Å². The Bertz CT molecular complexity index is 564. The molecular formula is C14H18ClN3O3. The van der Waals surface area contributed by atoms with Crippen molar-refractivity contribution in [2.45, 2.75) is 39.2 Å². The van der Waals surface area contributed by atoms with Crippen LogP contribution in [0.1, 0.15) is 43.5 Å². The first kappa shape index (κ1) is 15.7. The summed E-state index contributed by atoms with van der Waals surface area (Å²) in [6.45, 7) is 4.29. The van der Waals surface area contributed by atoms with Crippen LogP contribution in [0.2, 0.25) is 5.15 Å². The van der Waals surface area contributed by atoms with E-state index in [-0.39, 0.29) is 22.4 Å². The van der Waals surface area contributed by atoms with Gasteiger partial charge in [0, 0.05) is 6.04 Å². The lowest BCUT2D eigenvalue weighted by molar-refractivity contribution is -0.385. The molecule has 0 bridgehead atoms. The zero-order chi connectivity index (χ0) is 15.6. The maximum absolute atomic E-state index is 12.3. The summed E-state index contributed by atoms with van der Waals surface area (Å²) in [5.41, 5.74) is -0.362.